The van der Waals surface area contributed by atoms with Crippen molar-refractivity contribution < 1.29 is 0 Å². The Hall–Kier alpha value is -0.0900. The predicted octanol–water partition coefficient (Wildman–Crippen LogP) is 4.30. The standard InChI is InChI=1S/C13H18Br2N2/c1-10-8-11(15)9-16-13(10)17(7-3-6-14)12-4-2-5-12/h8-9,12H,2-7H2,1H3. The third-order valence-electron chi connectivity index (χ3n) is 3.34. The highest BCUT2D eigenvalue weighted by atomic mass is 79.9. The molecule has 1 heterocycles. The van der Waals surface area contributed by atoms with Crippen LogP contribution < -0.4 is 4.90 Å². The fourth-order valence-corrected chi connectivity index (χ4v) is 2.92. The van der Waals surface area contributed by atoms with Gasteiger partial charge in [-0.15, -0.1) is 0 Å². The lowest BCUT2D eigenvalue weighted by Gasteiger charge is -2.39. The van der Waals surface area contributed by atoms with Crippen LogP contribution in [0.15, 0.2) is 16.7 Å². The summed E-state index contributed by atoms with van der Waals surface area (Å²) in [6.07, 6.45) is 7.08. The van der Waals surface area contributed by atoms with Crippen LogP contribution in [0.25, 0.3) is 0 Å². The molecule has 2 rings (SSSR count). The maximum absolute atomic E-state index is 4.60. The molecule has 0 bridgehead atoms. The number of hydrogen-bond donors (Lipinski definition) is 0. The molecule has 0 radical (unpaired) electrons. The second-order valence-electron chi connectivity index (χ2n) is 4.61. The van der Waals surface area contributed by atoms with E-state index in [0.29, 0.717) is 6.04 Å². The molecule has 0 aliphatic heterocycles. The number of nitrogens with zero attached hydrogens (tertiary/aromatic N) is 2. The van der Waals surface area contributed by atoms with Crippen molar-refractivity contribution in [2.75, 3.05) is 16.8 Å². The van der Waals surface area contributed by atoms with Crippen molar-refractivity contribution in [2.24, 2.45) is 0 Å². The van der Waals surface area contributed by atoms with Gasteiger partial charge in [-0.3, -0.25) is 0 Å². The van der Waals surface area contributed by atoms with Gasteiger partial charge in [0.15, 0.2) is 0 Å². The zero-order valence-corrected chi connectivity index (χ0v) is 13.3. The lowest BCUT2D eigenvalue weighted by molar-refractivity contribution is 0.383. The van der Waals surface area contributed by atoms with Crippen molar-refractivity contribution in [1.82, 2.24) is 4.98 Å². The second kappa shape index (κ2) is 6.19. The summed E-state index contributed by atoms with van der Waals surface area (Å²) in [5.41, 5.74) is 1.26. The Labute approximate surface area is 120 Å². The minimum atomic E-state index is 0.710. The molecule has 94 valence electrons. The summed E-state index contributed by atoms with van der Waals surface area (Å²) in [6.45, 7) is 3.25. The summed E-state index contributed by atoms with van der Waals surface area (Å²) in [4.78, 5) is 7.09. The first kappa shape index (κ1) is 13.3. The SMILES string of the molecule is Cc1cc(Br)cnc1N(CCCBr)C1CCC1. The summed E-state index contributed by atoms with van der Waals surface area (Å²) in [6, 6.07) is 2.86. The first-order chi connectivity index (χ1) is 8.22. The van der Waals surface area contributed by atoms with Gasteiger partial charge >= 0.3 is 0 Å². The van der Waals surface area contributed by atoms with Gasteiger partial charge in [0.05, 0.1) is 0 Å². The van der Waals surface area contributed by atoms with Crippen molar-refractivity contribution in [1.29, 1.82) is 0 Å². The first-order valence-electron chi connectivity index (χ1n) is 6.17. The molecule has 1 aromatic rings. The minimum Gasteiger partial charge on any atom is -0.353 e. The van der Waals surface area contributed by atoms with Gasteiger partial charge in [-0.2, -0.15) is 0 Å². The monoisotopic (exact) mass is 360 g/mol. The van der Waals surface area contributed by atoms with E-state index in [1.807, 2.05) is 6.20 Å². The Morgan fingerprint density at radius 3 is 2.76 bits per heavy atom. The molecule has 0 spiro atoms. The van der Waals surface area contributed by atoms with E-state index < -0.39 is 0 Å². The number of alkyl halides is 1. The van der Waals surface area contributed by atoms with Gasteiger partial charge in [0.25, 0.3) is 0 Å². The number of rotatable bonds is 5. The molecule has 0 atom stereocenters. The molecule has 1 aliphatic carbocycles. The summed E-state index contributed by atoms with van der Waals surface area (Å²) < 4.78 is 1.06. The third kappa shape index (κ3) is 3.22. The van der Waals surface area contributed by atoms with Crippen LogP contribution in [-0.4, -0.2) is 22.9 Å². The highest BCUT2D eigenvalue weighted by Gasteiger charge is 2.26. The fourth-order valence-electron chi connectivity index (χ4n) is 2.22. The van der Waals surface area contributed by atoms with E-state index in [4.69, 9.17) is 0 Å². The van der Waals surface area contributed by atoms with E-state index in [-0.39, 0.29) is 0 Å². The molecule has 2 nitrogen and oxygen atoms in total. The molecule has 1 aromatic heterocycles. The van der Waals surface area contributed by atoms with Crippen LogP contribution >= 0.6 is 31.9 Å². The molecule has 0 aromatic carbocycles. The third-order valence-corrected chi connectivity index (χ3v) is 4.33. The van der Waals surface area contributed by atoms with Crippen molar-refractivity contribution in [2.45, 2.75) is 38.6 Å². The van der Waals surface area contributed by atoms with Crippen molar-refractivity contribution in [3.05, 3.63) is 22.3 Å². The Bertz CT molecular complexity index is 378. The highest BCUT2D eigenvalue weighted by molar-refractivity contribution is 9.10. The van der Waals surface area contributed by atoms with Gasteiger partial charge in [0.2, 0.25) is 0 Å². The summed E-state index contributed by atoms with van der Waals surface area (Å²) >= 11 is 6.99. The molecule has 0 amide bonds. The van der Waals surface area contributed by atoms with Gasteiger partial charge in [-0.25, -0.2) is 4.98 Å². The number of aromatic nitrogens is 1. The summed E-state index contributed by atoms with van der Waals surface area (Å²) in [5.74, 6) is 1.17. The molecule has 0 saturated heterocycles. The van der Waals surface area contributed by atoms with E-state index >= 15 is 0 Å². The maximum atomic E-state index is 4.60. The molecular formula is C13H18Br2N2. The second-order valence-corrected chi connectivity index (χ2v) is 6.32. The van der Waals surface area contributed by atoms with Gasteiger partial charge < -0.3 is 4.90 Å². The van der Waals surface area contributed by atoms with Crippen LogP contribution in [0.3, 0.4) is 0 Å². The average Bonchev–Trinajstić information content (AvgIpc) is 2.22. The fraction of sp³-hybridized carbons (Fsp3) is 0.615. The van der Waals surface area contributed by atoms with E-state index in [0.717, 1.165) is 16.3 Å². The lowest BCUT2D eigenvalue weighted by atomic mass is 9.91. The van der Waals surface area contributed by atoms with Crippen LogP contribution in [0.4, 0.5) is 5.82 Å². The topological polar surface area (TPSA) is 16.1 Å². The van der Waals surface area contributed by atoms with Crippen LogP contribution in [0.2, 0.25) is 0 Å². The normalized spacial score (nSPS) is 15.7. The molecule has 1 saturated carbocycles. The largest absolute Gasteiger partial charge is 0.353 e. The zero-order chi connectivity index (χ0) is 12.3. The van der Waals surface area contributed by atoms with Crippen LogP contribution in [-0.2, 0) is 0 Å². The lowest BCUT2D eigenvalue weighted by Crippen LogP contribution is -2.41. The van der Waals surface area contributed by atoms with E-state index in [1.165, 1.54) is 37.1 Å². The van der Waals surface area contributed by atoms with E-state index in [1.54, 1.807) is 0 Å². The molecule has 0 unspecified atom stereocenters. The molecule has 17 heavy (non-hydrogen) atoms. The first-order valence-corrected chi connectivity index (χ1v) is 8.08. The Balaban J connectivity index is 2.17. The van der Waals surface area contributed by atoms with Gasteiger partial charge in [0.1, 0.15) is 5.82 Å². The van der Waals surface area contributed by atoms with Crippen molar-refractivity contribution >= 4 is 37.7 Å². The van der Waals surface area contributed by atoms with E-state index in [2.05, 4.69) is 54.7 Å². The van der Waals surface area contributed by atoms with Crippen molar-refractivity contribution in [3.8, 4) is 0 Å². The molecule has 1 fully saturated rings. The number of halogens is 2. The Kier molecular flexibility index (Phi) is 4.86. The van der Waals surface area contributed by atoms with E-state index in [9.17, 15) is 0 Å². The molecule has 1 aliphatic rings. The predicted molar refractivity (Wildman–Crippen MR) is 80.1 cm³/mol. The van der Waals surface area contributed by atoms with Crippen molar-refractivity contribution in [3.63, 3.8) is 0 Å². The Morgan fingerprint density at radius 1 is 1.47 bits per heavy atom. The number of anilines is 1. The van der Waals surface area contributed by atoms with Gasteiger partial charge in [0, 0.05) is 28.6 Å². The quantitative estimate of drug-likeness (QED) is 0.727. The zero-order valence-electron chi connectivity index (χ0n) is 10.1. The van der Waals surface area contributed by atoms with Crippen LogP contribution in [0.5, 0.6) is 0 Å². The van der Waals surface area contributed by atoms with Gasteiger partial charge in [-0.1, -0.05) is 15.9 Å². The van der Waals surface area contributed by atoms with Gasteiger partial charge in [-0.05, 0) is 60.2 Å². The average molecular weight is 362 g/mol. The number of aryl methyl sites for hydroxylation is 1. The summed E-state index contributed by atoms with van der Waals surface area (Å²) in [7, 11) is 0. The van der Waals surface area contributed by atoms with Crippen LogP contribution in [0.1, 0.15) is 31.2 Å². The Morgan fingerprint density at radius 2 is 2.24 bits per heavy atom. The number of hydrogen-bond acceptors (Lipinski definition) is 2. The maximum Gasteiger partial charge on any atom is 0.131 e. The highest BCUT2D eigenvalue weighted by Crippen LogP contribution is 2.31. The minimum absolute atomic E-state index is 0.710. The molecular weight excluding hydrogens is 344 g/mol. The van der Waals surface area contributed by atoms with Crippen LogP contribution in [0, 0.1) is 6.92 Å². The summed E-state index contributed by atoms with van der Waals surface area (Å²) in [5, 5.41) is 1.06. The molecule has 0 N–H and O–H groups in total. The number of pyridine rings is 1. The molecule has 4 heteroatoms. The smallest absolute Gasteiger partial charge is 0.131 e.